The van der Waals surface area contributed by atoms with Crippen molar-refractivity contribution >= 4 is 55.7 Å². The molecule has 124 valence electrons. The minimum absolute atomic E-state index is 0.172. The topological polar surface area (TPSA) is 42.0 Å². The molecule has 0 fully saturated rings. The largest absolute Gasteiger partial charge is 0.320 e. The lowest BCUT2D eigenvalue weighted by Gasteiger charge is -2.06. The van der Waals surface area contributed by atoms with Gasteiger partial charge in [0.2, 0.25) is 0 Å². The van der Waals surface area contributed by atoms with Gasteiger partial charge in [0.05, 0.1) is 21.1 Å². The van der Waals surface area contributed by atoms with E-state index in [1.165, 1.54) is 16.9 Å². The number of rotatable bonds is 2. The third-order valence-corrected chi connectivity index (χ3v) is 5.41. The molecule has 0 aliphatic rings. The highest BCUT2D eigenvalue weighted by molar-refractivity contribution is 7.20. The van der Waals surface area contributed by atoms with Gasteiger partial charge in [0, 0.05) is 10.8 Å². The van der Waals surface area contributed by atoms with Crippen LogP contribution in [0.25, 0.3) is 21.1 Å². The van der Waals surface area contributed by atoms with Gasteiger partial charge in [0.15, 0.2) is 0 Å². The molecule has 0 radical (unpaired) electrons. The molecular weight excluding hydrogens is 352 g/mol. The zero-order valence-corrected chi connectivity index (χ0v) is 15.3. The summed E-state index contributed by atoms with van der Waals surface area (Å²) in [6.07, 6.45) is 0. The molecule has 1 amide bonds. The Labute approximate surface area is 154 Å². The first-order valence-corrected chi connectivity index (χ1v) is 9.07. The number of aromatic nitrogens is 1. The maximum Gasteiger partial charge on any atom is 0.265 e. The summed E-state index contributed by atoms with van der Waals surface area (Å²) in [6, 6.07) is 15.7. The van der Waals surface area contributed by atoms with E-state index in [1.807, 2.05) is 38.1 Å². The Balaban J connectivity index is 1.70. The van der Waals surface area contributed by atoms with Crippen molar-refractivity contribution in [2.24, 2.45) is 0 Å². The van der Waals surface area contributed by atoms with Crippen LogP contribution in [-0.2, 0) is 0 Å². The molecule has 0 saturated heterocycles. The van der Waals surface area contributed by atoms with Crippen molar-refractivity contribution in [3.63, 3.8) is 0 Å². The van der Waals surface area contributed by atoms with Gasteiger partial charge in [-0.2, -0.15) is 0 Å². The number of nitrogens with one attached hydrogen (secondary N) is 1. The van der Waals surface area contributed by atoms with Crippen LogP contribution in [0.2, 0.25) is 5.02 Å². The average molecular weight is 367 g/mol. The first kappa shape index (κ1) is 16.1. The number of fused-ring (bicyclic) bond motifs is 2. The van der Waals surface area contributed by atoms with Gasteiger partial charge >= 0.3 is 0 Å². The highest BCUT2D eigenvalue weighted by Crippen LogP contribution is 2.29. The summed E-state index contributed by atoms with van der Waals surface area (Å²) in [5, 5.41) is 5.46. The number of carbonyl (C=O) groups excluding carboxylic acids is 1. The molecule has 25 heavy (non-hydrogen) atoms. The second kappa shape index (κ2) is 6.14. The molecule has 0 spiro atoms. The van der Waals surface area contributed by atoms with Gasteiger partial charge in [-0.15, -0.1) is 11.3 Å². The van der Waals surface area contributed by atoms with E-state index < -0.39 is 0 Å². The predicted octanol–water partition coefficient (Wildman–Crippen LogP) is 5.97. The Bertz CT molecular complexity index is 1130. The van der Waals surface area contributed by atoms with Gasteiger partial charge < -0.3 is 5.32 Å². The molecule has 0 unspecified atom stereocenters. The van der Waals surface area contributed by atoms with Gasteiger partial charge in [-0.1, -0.05) is 29.8 Å². The molecule has 2 aromatic carbocycles. The Morgan fingerprint density at radius 1 is 1.00 bits per heavy atom. The number of thiophene rings is 1. The molecule has 2 aromatic heterocycles. The minimum Gasteiger partial charge on any atom is -0.320 e. The van der Waals surface area contributed by atoms with Crippen LogP contribution < -0.4 is 5.32 Å². The monoisotopic (exact) mass is 366 g/mol. The molecule has 3 nitrogen and oxygen atoms in total. The van der Waals surface area contributed by atoms with E-state index in [-0.39, 0.29) is 5.91 Å². The number of amides is 1. The Hall–Kier alpha value is -2.43. The number of carbonyl (C=O) groups is 1. The molecule has 0 saturated carbocycles. The van der Waals surface area contributed by atoms with Gasteiger partial charge in [-0.25, -0.2) is 4.98 Å². The number of anilines is 1. The SMILES string of the molecule is Cc1ccc(NC(=O)c2cc3cc4ccc(C)cc4nc3s2)c(Cl)c1. The Morgan fingerprint density at radius 2 is 1.76 bits per heavy atom. The first-order valence-electron chi connectivity index (χ1n) is 7.88. The molecule has 0 aliphatic carbocycles. The summed E-state index contributed by atoms with van der Waals surface area (Å²) in [4.78, 5) is 18.7. The summed E-state index contributed by atoms with van der Waals surface area (Å²) in [6.45, 7) is 4.01. The van der Waals surface area contributed by atoms with E-state index in [0.717, 1.165) is 26.7 Å². The summed E-state index contributed by atoms with van der Waals surface area (Å²) in [7, 11) is 0. The van der Waals surface area contributed by atoms with Crippen LogP contribution >= 0.6 is 22.9 Å². The molecule has 0 atom stereocenters. The van der Waals surface area contributed by atoms with Crippen molar-refractivity contribution in [1.82, 2.24) is 4.98 Å². The van der Waals surface area contributed by atoms with Crippen molar-refractivity contribution in [2.75, 3.05) is 5.32 Å². The fourth-order valence-electron chi connectivity index (χ4n) is 2.75. The van der Waals surface area contributed by atoms with Gasteiger partial charge in [-0.3, -0.25) is 4.79 Å². The van der Waals surface area contributed by atoms with Crippen LogP contribution in [0, 0.1) is 13.8 Å². The maximum absolute atomic E-state index is 12.6. The lowest BCUT2D eigenvalue weighted by Crippen LogP contribution is -2.10. The van der Waals surface area contributed by atoms with E-state index in [4.69, 9.17) is 16.6 Å². The van der Waals surface area contributed by atoms with Crippen molar-refractivity contribution < 1.29 is 4.79 Å². The number of halogens is 1. The molecule has 0 aliphatic heterocycles. The molecule has 1 N–H and O–H groups in total. The summed E-state index contributed by atoms with van der Waals surface area (Å²) < 4.78 is 0. The number of nitrogens with zero attached hydrogens (tertiary/aromatic N) is 1. The van der Waals surface area contributed by atoms with Gasteiger partial charge in [0.25, 0.3) is 5.91 Å². The highest BCUT2D eigenvalue weighted by atomic mass is 35.5. The predicted molar refractivity (Wildman–Crippen MR) is 106 cm³/mol. The minimum atomic E-state index is -0.172. The highest BCUT2D eigenvalue weighted by Gasteiger charge is 2.13. The second-order valence-corrected chi connectivity index (χ2v) is 7.56. The van der Waals surface area contributed by atoms with Crippen LogP contribution in [-0.4, -0.2) is 10.9 Å². The zero-order valence-electron chi connectivity index (χ0n) is 13.8. The first-order chi connectivity index (χ1) is 12.0. The summed E-state index contributed by atoms with van der Waals surface area (Å²) in [5.74, 6) is -0.172. The normalized spacial score (nSPS) is 11.2. The van der Waals surface area contributed by atoms with Crippen molar-refractivity contribution in [1.29, 1.82) is 0 Å². The second-order valence-electron chi connectivity index (χ2n) is 6.13. The van der Waals surface area contributed by atoms with Crippen LogP contribution in [0.4, 0.5) is 5.69 Å². The standard InChI is InChI=1S/C20H15ClN2OS/c1-11-4-6-16(15(21)7-11)22-19(24)18-10-14-9-13-5-3-12(2)8-17(13)23-20(14)25-18/h3-10H,1-2H3,(H,22,24). The Morgan fingerprint density at radius 3 is 2.56 bits per heavy atom. The number of hydrogen-bond donors (Lipinski definition) is 1. The lowest BCUT2D eigenvalue weighted by molar-refractivity contribution is 0.103. The average Bonchev–Trinajstić information content (AvgIpc) is 2.98. The van der Waals surface area contributed by atoms with Gasteiger partial charge in [0.1, 0.15) is 4.83 Å². The molecule has 4 aromatic rings. The van der Waals surface area contributed by atoms with Crippen LogP contribution in [0.1, 0.15) is 20.8 Å². The molecule has 0 bridgehead atoms. The number of pyridine rings is 1. The van der Waals surface area contributed by atoms with Gasteiger partial charge in [-0.05, 0) is 55.3 Å². The maximum atomic E-state index is 12.6. The quantitative estimate of drug-likeness (QED) is 0.474. The molecular formula is C20H15ClN2OS. The van der Waals surface area contributed by atoms with Crippen LogP contribution in [0.5, 0.6) is 0 Å². The molecule has 4 rings (SSSR count). The van der Waals surface area contributed by atoms with E-state index >= 15 is 0 Å². The number of hydrogen-bond acceptors (Lipinski definition) is 3. The number of benzene rings is 2. The summed E-state index contributed by atoms with van der Waals surface area (Å²) >= 11 is 7.59. The van der Waals surface area contributed by atoms with Crippen molar-refractivity contribution in [3.8, 4) is 0 Å². The lowest BCUT2D eigenvalue weighted by atomic mass is 10.1. The van der Waals surface area contributed by atoms with E-state index in [1.54, 1.807) is 0 Å². The van der Waals surface area contributed by atoms with Crippen molar-refractivity contribution in [2.45, 2.75) is 13.8 Å². The van der Waals surface area contributed by atoms with E-state index in [9.17, 15) is 4.79 Å². The smallest absolute Gasteiger partial charge is 0.265 e. The molecule has 2 heterocycles. The Kier molecular flexibility index (Phi) is 3.94. The van der Waals surface area contributed by atoms with E-state index in [2.05, 4.69) is 29.6 Å². The van der Waals surface area contributed by atoms with Crippen LogP contribution in [0.15, 0.2) is 48.5 Å². The number of aryl methyl sites for hydroxylation is 2. The van der Waals surface area contributed by atoms with E-state index in [0.29, 0.717) is 15.6 Å². The van der Waals surface area contributed by atoms with Crippen molar-refractivity contribution in [3.05, 3.63) is 69.6 Å². The van der Waals surface area contributed by atoms with Crippen LogP contribution in [0.3, 0.4) is 0 Å². The fraction of sp³-hybridized carbons (Fsp3) is 0.100. The summed E-state index contributed by atoms with van der Waals surface area (Å²) in [5.41, 5.74) is 3.78. The molecule has 5 heteroatoms. The fourth-order valence-corrected chi connectivity index (χ4v) is 3.95. The third-order valence-electron chi connectivity index (χ3n) is 4.06. The third kappa shape index (κ3) is 3.11. The zero-order chi connectivity index (χ0) is 17.6.